The fourth-order valence-corrected chi connectivity index (χ4v) is 3.85. The molecule has 0 saturated carbocycles. The van der Waals surface area contributed by atoms with E-state index in [1.165, 1.54) is 28.8 Å². The van der Waals surface area contributed by atoms with Crippen molar-refractivity contribution in [1.82, 2.24) is 0 Å². The molecular formula is C16H11BrF3NOS. The van der Waals surface area contributed by atoms with Gasteiger partial charge in [0.05, 0.1) is 11.3 Å². The maximum absolute atomic E-state index is 12.9. The molecule has 1 atom stereocenters. The second kappa shape index (κ2) is 6.20. The summed E-state index contributed by atoms with van der Waals surface area (Å²) in [7, 11) is 0. The van der Waals surface area contributed by atoms with E-state index in [4.69, 9.17) is 0 Å². The SMILES string of the molecule is O=C1CS[C@H](c2ccc(Br)cc2)N1c1cccc(C(F)(F)F)c1. The van der Waals surface area contributed by atoms with Gasteiger partial charge in [-0.1, -0.05) is 34.1 Å². The van der Waals surface area contributed by atoms with Crippen LogP contribution in [-0.4, -0.2) is 11.7 Å². The molecule has 0 unspecified atom stereocenters. The molecule has 0 bridgehead atoms. The second-order valence-corrected chi connectivity index (χ2v) is 7.01. The van der Waals surface area contributed by atoms with Crippen molar-refractivity contribution in [3.05, 3.63) is 64.1 Å². The summed E-state index contributed by atoms with van der Waals surface area (Å²) in [5, 5.41) is -0.320. The molecule has 0 aromatic heterocycles. The van der Waals surface area contributed by atoms with Gasteiger partial charge in [-0.15, -0.1) is 11.8 Å². The monoisotopic (exact) mass is 401 g/mol. The lowest BCUT2D eigenvalue weighted by Crippen LogP contribution is -2.28. The Morgan fingerprint density at radius 2 is 1.83 bits per heavy atom. The first-order valence-electron chi connectivity index (χ1n) is 6.72. The summed E-state index contributed by atoms with van der Waals surface area (Å²) in [5.74, 6) is 0.0546. The zero-order valence-corrected chi connectivity index (χ0v) is 14.1. The number of hydrogen-bond acceptors (Lipinski definition) is 2. The molecule has 120 valence electrons. The van der Waals surface area contributed by atoms with Gasteiger partial charge in [-0.3, -0.25) is 9.69 Å². The van der Waals surface area contributed by atoms with Crippen molar-refractivity contribution in [1.29, 1.82) is 0 Å². The average Bonchev–Trinajstić information content (AvgIpc) is 2.89. The Labute approximate surface area is 143 Å². The van der Waals surface area contributed by atoms with E-state index in [9.17, 15) is 18.0 Å². The predicted molar refractivity (Wildman–Crippen MR) is 88.3 cm³/mol. The number of carbonyl (C=O) groups excluding carboxylic acids is 1. The second-order valence-electron chi connectivity index (χ2n) is 5.03. The molecular weight excluding hydrogens is 391 g/mol. The molecule has 2 nitrogen and oxygen atoms in total. The molecule has 2 aromatic carbocycles. The lowest BCUT2D eigenvalue weighted by Gasteiger charge is -2.25. The number of rotatable bonds is 2. The summed E-state index contributed by atoms with van der Waals surface area (Å²) >= 11 is 4.75. The van der Waals surface area contributed by atoms with Crippen molar-refractivity contribution in [2.75, 3.05) is 10.7 Å². The van der Waals surface area contributed by atoms with Crippen molar-refractivity contribution in [3.63, 3.8) is 0 Å². The highest BCUT2D eigenvalue weighted by Gasteiger charge is 2.36. The van der Waals surface area contributed by atoms with E-state index in [-0.39, 0.29) is 22.7 Å². The van der Waals surface area contributed by atoms with Crippen LogP contribution in [0.15, 0.2) is 53.0 Å². The highest BCUT2D eigenvalue weighted by Crippen LogP contribution is 2.43. The molecule has 1 aliphatic rings. The average molecular weight is 402 g/mol. The zero-order chi connectivity index (χ0) is 16.6. The van der Waals surface area contributed by atoms with Crippen LogP contribution in [0.2, 0.25) is 0 Å². The number of anilines is 1. The summed E-state index contributed by atoms with van der Waals surface area (Å²) in [6.45, 7) is 0. The zero-order valence-electron chi connectivity index (χ0n) is 11.7. The number of carbonyl (C=O) groups is 1. The summed E-state index contributed by atoms with van der Waals surface area (Å²) in [6.07, 6.45) is -4.43. The molecule has 1 aliphatic heterocycles. The van der Waals surface area contributed by atoms with Gasteiger partial charge in [-0.2, -0.15) is 13.2 Å². The Bertz CT molecular complexity index is 733. The van der Waals surface area contributed by atoms with Crippen LogP contribution < -0.4 is 4.90 Å². The Balaban J connectivity index is 1.99. The van der Waals surface area contributed by atoms with Crippen LogP contribution in [-0.2, 0) is 11.0 Å². The van der Waals surface area contributed by atoms with E-state index in [1.54, 1.807) is 0 Å². The van der Waals surface area contributed by atoms with Gasteiger partial charge >= 0.3 is 6.18 Å². The normalized spacial score (nSPS) is 18.5. The molecule has 0 spiro atoms. The van der Waals surface area contributed by atoms with Gasteiger partial charge in [-0.25, -0.2) is 0 Å². The summed E-state index contributed by atoms with van der Waals surface area (Å²) in [5.41, 5.74) is 0.387. The van der Waals surface area contributed by atoms with Crippen molar-refractivity contribution in [3.8, 4) is 0 Å². The van der Waals surface area contributed by atoms with E-state index in [2.05, 4.69) is 15.9 Å². The van der Waals surface area contributed by atoms with Crippen LogP contribution in [0.5, 0.6) is 0 Å². The minimum Gasteiger partial charge on any atom is -0.295 e. The van der Waals surface area contributed by atoms with Crippen LogP contribution >= 0.6 is 27.7 Å². The van der Waals surface area contributed by atoms with Gasteiger partial charge < -0.3 is 0 Å². The smallest absolute Gasteiger partial charge is 0.295 e. The van der Waals surface area contributed by atoms with E-state index < -0.39 is 11.7 Å². The molecule has 0 radical (unpaired) electrons. The summed E-state index contributed by atoms with van der Waals surface area (Å²) < 4.78 is 39.6. The topological polar surface area (TPSA) is 20.3 Å². The minimum absolute atomic E-state index is 0.192. The number of halogens is 4. The molecule has 0 N–H and O–H groups in total. The Morgan fingerprint density at radius 1 is 1.13 bits per heavy atom. The molecule has 1 fully saturated rings. The van der Waals surface area contributed by atoms with E-state index >= 15 is 0 Å². The Kier molecular flexibility index (Phi) is 4.42. The first kappa shape index (κ1) is 16.4. The van der Waals surface area contributed by atoms with E-state index in [0.717, 1.165) is 22.2 Å². The molecule has 0 aliphatic carbocycles. The van der Waals surface area contributed by atoms with Crippen molar-refractivity contribution in [2.24, 2.45) is 0 Å². The van der Waals surface area contributed by atoms with Gasteiger partial charge in [0.2, 0.25) is 5.91 Å². The lowest BCUT2D eigenvalue weighted by molar-refractivity contribution is -0.137. The van der Waals surface area contributed by atoms with Gasteiger partial charge in [0.15, 0.2) is 0 Å². The lowest BCUT2D eigenvalue weighted by atomic mass is 10.1. The number of benzene rings is 2. The standard InChI is InChI=1S/C16H11BrF3NOS/c17-12-6-4-10(5-7-12)15-21(14(22)9-23-15)13-3-1-2-11(8-13)16(18,19)20/h1-8,15H,9H2/t15-/m1/s1. The first-order chi connectivity index (χ1) is 10.9. The molecule has 2 aromatic rings. The fourth-order valence-electron chi connectivity index (χ4n) is 2.41. The van der Waals surface area contributed by atoms with E-state index in [1.807, 2.05) is 24.3 Å². The largest absolute Gasteiger partial charge is 0.416 e. The molecule has 23 heavy (non-hydrogen) atoms. The van der Waals surface area contributed by atoms with E-state index in [0.29, 0.717) is 0 Å². The molecule has 1 heterocycles. The quantitative estimate of drug-likeness (QED) is 0.684. The predicted octanol–water partition coefficient (Wildman–Crippen LogP) is 5.25. The number of amides is 1. The first-order valence-corrected chi connectivity index (χ1v) is 8.57. The molecule has 3 rings (SSSR count). The maximum Gasteiger partial charge on any atom is 0.416 e. The van der Waals surface area contributed by atoms with Crippen LogP contribution in [0, 0.1) is 0 Å². The summed E-state index contributed by atoms with van der Waals surface area (Å²) in [6, 6.07) is 12.3. The Morgan fingerprint density at radius 3 is 2.48 bits per heavy atom. The van der Waals surface area contributed by atoms with Crippen LogP contribution in [0.3, 0.4) is 0 Å². The third-order valence-electron chi connectivity index (χ3n) is 3.47. The maximum atomic E-state index is 12.9. The number of hydrogen-bond donors (Lipinski definition) is 0. The van der Waals surface area contributed by atoms with Crippen LogP contribution in [0.1, 0.15) is 16.5 Å². The third-order valence-corrected chi connectivity index (χ3v) is 5.22. The highest BCUT2D eigenvalue weighted by molar-refractivity contribution is 9.10. The molecule has 7 heteroatoms. The van der Waals surface area contributed by atoms with Crippen molar-refractivity contribution in [2.45, 2.75) is 11.6 Å². The van der Waals surface area contributed by atoms with Gasteiger partial charge in [-0.05, 0) is 35.9 Å². The van der Waals surface area contributed by atoms with Crippen LogP contribution in [0.25, 0.3) is 0 Å². The third kappa shape index (κ3) is 3.40. The Hall–Kier alpha value is -1.47. The number of thioether (sulfide) groups is 1. The van der Waals surface area contributed by atoms with Crippen molar-refractivity contribution < 1.29 is 18.0 Å². The van der Waals surface area contributed by atoms with Crippen LogP contribution in [0.4, 0.5) is 18.9 Å². The highest BCUT2D eigenvalue weighted by atomic mass is 79.9. The number of nitrogens with zero attached hydrogens (tertiary/aromatic N) is 1. The van der Waals surface area contributed by atoms with Gasteiger partial charge in [0, 0.05) is 10.2 Å². The molecule has 1 amide bonds. The minimum atomic E-state index is -4.43. The van der Waals surface area contributed by atoms with Gasteiger partial charge in [0.1, 0.15) is 5.37 Å². The van der Waals surface area contributed by atoms with Gasteiger partial charge in [0.25, 0.3) is 0 Å². The molecule has 1 saturated heterocycles. The fraction of sp³-hybridized carbons (Fsp3) is 0.188. The number of alkyl halides is 3. The van der Waals surface area contributed by atoms with Crippen molar-refractivity contribution >= 4 is 39.3 Å². The summed E-state index contributed by atoms with van der Waals surface area (Å²) in [4.78, 5) is 13.6.